The van der Waals surface area contributed by atoms with Gasteiger partial charge in [0, 0.05) is 27.2 Å². The molecule has 1 aromatic rings. The minimum absolute atomic E-state index is 0.0962. The van der Waals surface area contributed by atoms with Crippen molar-refractivity contribution in [2.24, 2.45) is 0 Å². The number of nitrogens with zero attached hydrogens (tertiary/aromatic N) is 2. The van der Waals surface area contributed by atoms with Crippen molar-refractivity contribution < 1.29 is 14.3 Å². The predicted molar refractivity (Wildman–Crippen MR) is 102 cm³/mol. The van der Waals surface area contributed by atoms with Crippen LogP contribution in [0.15, 0.2) is 30.3 Å². The van der Waals surface area contributed by atoms with Crippen LogP contribution in [0.25, 0.3) is 0 Å². The second kappa shape index (κ2) is 8.08. The highest BCUT2D eigenvalue weighted by molar-refractivity contribution is 5.90. The summed E-state index contributed by atoms with van der Waals surface area (Å²) in [7, 11) is 3.44. The molecule has 2 rings (SSSR count). The topological polar surface area (TPSA) is 61.9 Å². The summed E-state index contributed by atoms with van der Waals surface area (Å²) in [5.41, 5.74) is -0.373. The molecule has 1 unspecified atom stereocenters. The molecule has 0 spiro atoms. The molecule has 1 aromatic carbocycles. The molecule has 0 radical (unpaired) electrons. The summed E-state index contributed by atoms with van der Waals surface area (Å²) in [6, 6.07) is 10.2. The SMILES string of the molecule is CN(C)C(=O)C1(NC(=O)OC(C)(C)C)CCCN(Cc2ccccc2)C1. The van der Waals surface area contributed by atoms with Crippen LogP contribution in [0.2, 0.25) is 0 Å². The molecule has 0 aromatic heterocycles. The molecule has 1 fully saturated rings. The Morgan fingerprint density at radius 1 is 1.23 bits per heavy atom. The lowest BCUT2D eigenvalue weighted by molar-refractivity contribution is -0.138. The van der Waals surface area contributed by atoms with Crippen molar-refractivity contribution in [3.05, 3.63) is 35.9 Å². The number of ether oxygens (including phenoxy) is 1. The molecular weight excluding hydrogens is 330 g/mol. The summed E-state index contributed by atoms with van der Waals surface area (Å²) in [4.78, 5) is 29.1. The highest BCUT2D eigenvalue weighted by Gasteiger charge is 2.45. The fraction of sp³-hybridized carbons (Fsp3) is 0.600. The van der Waals surface area contributed by atoms with Gasteiger partial charge in [-0.1, -0.05) is 30.3 Å². The zero-order chi connectivity index (χ0) is 19.4. The van der Waals surface area contributed by atoms with Gasteiger partial charge < -0.3 is 15.0 Å². The lowest BCUT2D eigenvalue weighted by atomic mass is 9.87. The van der Waals surface area contributed by atoms with Gasteiger partial charge in [0.15, 0.2) is 0 Å². The highest BCUT2D eigenvalue weighted by Crippen LogP contribution is 2.25. The van der Waals surface area contributed by atoms with Crippen LogP contribution in [0.1, 0.15) is 39.2 Å². The lowest BCUT2D eigenvalue weighted by Gasteiger charge is -2.43. The van der Waals surface area contributed by atoms with Crippen molar-refractivity contribution in [2.45, 2.75) is 51.3 Å². The number of benzene rings is 1. The second-order valence-corrected chi connectivity index (χ2v) is 8.21. The van der Waals surface area contributed by atoms with E-state index >= 15 is 0 Å². The molecule has 1 N–H and O–H groups in total. The van der Waals surface area contributed by atoms with Crippen LogP contribution in [-0.4, -0.2) is 60.1 Å². The predicted octanol–water partition coefficient (Wildman–Crippen LogP) is 2.63. The molecule has 1 saturated heterocycles. The zero-order valence-corrected chi connectivity index (χ0v) is 16.5. The molecular formula is C20H31N3O3. The Morgan fingerprint density at radius 2 is 1.88 bits per heavy atom. The molecule has 1 atom stereocenters. The Morgan fingerprint density at radius 3 is 2.46 bits per heavy atom. The number of likely N-dealkylation sites (tertiary alicyclic amines) is 1. The average Bonchev–Trinajstić information content (AvgIpc) is 2.53. The molecule has 1 aliphatic heterocycles. The molecule has 0 bridgehead atoms. The Balaban J connectivity index is 2.17. The average molecular weight is 361 g/mol. The van der Waals surface area contributed by atoms with Crippen LogP contribution < -0.4 is 5.32 Å². The second-order valence-electron chi connectivity index (χ2n) is 8.21. The van der Waals surface area contributed by atoms with E-state index in [2.05, 4.69) is 22.3 Å². The van der Waals surface area contributed by atoms with Crippen molar-refractivity contribution in [1.82, 2.24) is 15.1 Å². The molecule has 2 amide bonds. The molecule has 6 heteroatoms. The Kier molecular flexibility index (Phi) is 6.29. The maximum absolute atomic E-state index is 12.9. The molecule has 1 heterocycles. The normalized spacial score (nSPS) is 21.1. The lowest BCUT2D eigenvalue weighted by Crippen LogP contribution is -2.66. The van der Waals surface area contributed by atoms with Crippen LogP contribution in [0.3, 0.4) is 0 Å². The number of piperidine rings is 1. The number of nitrogens with one attached hydrogen (secondary N) is 1. The first kappa shape index (κ1) is 20.2. The monoisotopic (exact) mass is 361 g/mol. The van der Waals surface area contributed by atoms with E-state index in [9.17, 15) is 9.59 Å². The van der Waals surface area contributed by atoms with Gasteiger partial charge in [-0.05, 0) is 45.7 Å². The maximum Gasteiger partial charge on any atom is 0.408 e. The quantitative estimate of drug-likeness (QED) is 0.896. The fourth-order valence-electron chi connectivity index (χ4n) is 3.38. The molecule has 0 saturated carbocycles. The van der Waals surface area contributed by atoms with Gasteiger partial charge in [0.1, 0.15) is 11.1 Å². The molecule has 26 heavy (non-hydrogen) atoms. The van der Waals surface area contributed by atoms with E-state index < -0.39 is 17.2 Å². The van der Waals surface area contributed by atoms with Gasteiger partial charge in [-0.25, -0.2) is 4.79 Å². The summed E-state index contributed by atoms with van der Waals surface area (Å²) in [6.07, 6.45) is 0.894. The molecule has 144 valence electrons. The first-order valence-electron chi connectivity index (χ1n) is 9.10. The van der Waals surface area contributed by atoms with E-state index in [1.807, 2.05) is 39.0 Å². The van der Waals surface area contributed by atoms with Crippen LogP contribution in [0, 0.1) is 0 Å². The summed E-state index contributed by atoms with van der Waals surface area (Å²) >= 11 is 0. The number of carbonyl (C=O) groups excluding carboxylic acids is 2. The van der Waals surface area contributed by atoms with Crippen molar-refractivity contribution in [2.75, 3.05) is 27.2 Å². The van der Waals surface area contributed by atoms with E-state index in [1.54, 1.807) is 19.0 Å². The highest BCUT2D eigenvalue weighted by atomic mass is 16.6. The van der Waals surface area contributed by atoms with E-state index in [0.29, 0.717) is 13.0 Å². The van der Waals surface area contributed by atoms with Crippen molar-refractivity contribution in [1.29, 1.82) is 0 Å². The smallest absolute Gasteiger partial charge is 0.408 e. The van der Waals surface area contributed by atoms with Crippen molar-refractivity contribution >= 4 is 12.0 Å². The third kappa shape index (κ3) is 5.46. The number of likely N-dealkylation sites (N-methyl/N-ethyl adjacent to an activating group) is 1. The Labute approximate surface area is 156 Å². The van der Waals surface area contributed by atoms with Crippen molar-refractivity contribution in [3.8, 4) is 0 Å². The summed E-state index contributed by atoms with van der Waals surface area (Å²) in [5, 5.41) is 2.89. The zero-order valence-electron chi connectivity index (χ0n) is 16.5. The van der Waals surface area contributed by atoms with Gasteiger partial charge in [0.2, 0.25) is 5.91 Å². The van der Waals surface area contributed by atoms with Gasteiger partial charge in [0.25, 0.3) is 0 Å². The third-order valence-electron chi connectivity index (χ3n) is 4.38. The van der Waals surface area contributed by atoms with E-state index in [-0.39, 0.29) is 5.91 Å². The summed E-state index contributed by atoms with van der Waals surface area (Å²) in [6.45, 7) is 7.56. The molecule has 1 aliphatic rings. The number of carbonyl (C=O) groups is 2. The number of amides is 2. The van der Waals surface area contributed by atoms with E-state index in [0.717, 1.165) is 19.5 Å². The first-order chi connectivity index (χ1) is 12.1. The van der Waals surface area contributed by atoms with Crippen LogP contribution in [0.4, 0.5) is 4.79 Å². The summed E-state index contributed by atoms with van der Waals surface area (Å²) < 4.78 is 5.41. The molecule has 6 nitrogen and oxygen atoms in total. The minimum Gasteiger partial charge on any atom is -0.444 e. The summed E-state index contributed by atoms with van der Waals surface area (Å²) in [5.74, 6) is -0.0962. The van der Waals surface area contributed by atoms with Crippen molar-refractivity contribution in [3.63, 3.8) is 0 Å². The van der Waals surface area contributed by atoms with Gasteiger partial charge in [-0.3, -0.25) is 9.69 Å². The maximum atomic E-state index is 12.9. The largest absolute Gasteiger partial charge is 0.444 e. The number of hydrogen-bond acceptors (Lipinski definition) is 4. The molecule has 0 aliphatic carbocycles. The van der Waals surface area contributed by atoms with Gasteiger partial charge >= 0.3 is 6.09 Å². The number of rotatable bonds is 4. The number of hydrogen-bond donors (Lipinski definition) is 1. The minimum atomic E-state index is -0.959. The third-order valence-corrected chi connectivity index (χ3v) is 4.38. The first-order valence-corrected chi connectivity index (χ1v) is 9.10. The number of alkyl carbamates (subject to hydrolysis) is 1. The van der Waals surface area contributed by atoms with Crippen LogP contribution in [0.5, 0.6) is 0 Å². The standard InChI is InChI=1S/C20H31N3O3/c1-19(2,3)26-18(25)21-20(17(24)22(4)5)12-9-13-23(15-20)14-16-10-7-6-8-11-16/h6-8,10-11H,9,12-15H2,1-5H3,(H,21,25). The Hall–Kier alpha value is -2.08. The van der Waals surface area contributed by atoms with E-state index in [1.165, 1.54) is 5.56 Å². The van der Waals surface area contributed by atoms with Gasteiger partial charge in [-0.2, -0.15) is 0 Å². The fourth-order valence-corrected chi connectivity index (χ4v) is 3.38. The van der Waals surface area contributed by atoms with E-state index in [4.69, 9.17) is 4.74 Å². The Bertz CT molecular complexity index is 625. The van der Waals surface area contributed by atoms with Gasteiger partial charge in [0.05, 0.1) is 0 Å². The van der Waals surface area contributed by atoms with Gasteiger partial charge in [-0.15, -0.1) is 0 Å². The van der Waals surface area contributed by atoms with Crippen LogP contribution >= 0.6 is 0 Å². The van der Waals surface area contributed by atoms with Crippen LogP contribution in [-0.2, 0) is 16.1 Å².